The first-order chi connectivity index (χ1) is 16.9. The van der Waals surface area contributed by atoms with Crippen LogP contribution in [-0.2, 0) is 4.79 Å². The molecule has 178 valence electrons. The molecule has 1 spiro atoms. The second kappa shape index (κ2) is 8.26. The summed E-state index contributed by atoms with van der Waals surface area (Å²) < 4.78 is 0. The molecule has 2 aliphatic heterocycles. The van der Waals surface area contributed by atoms with Crippen molar-refractivity contribution in [1.29, 1.82) is 5.26 Å². The maximum absolute atomic E-state index is 13.8. The molecule has 1 aliphatic carbocycles. The number of thiocarbonyl (C=S) groups is 1. The molecule has 2 aromatic heterocycles. The van der Waals surface area contributed by atoms with Crippen molar-refractivity contribution in [3.05, 3.63) is 46.9 Å². The van der Waals surface area contributed by atoms with Gasteiger partial charge in [0.05, 0.1) is 22.4 Å². The van der Waals surface area contributed by atoms with Crippen molar-refractivity contribution < 1.29 is 4.79 Å². The number of nitrogens with zero attached hydrogens (tertiary/aromatic N) is 6. The number of carbonyl (C=O) groups excluding carboxylic acids is 1. The van der Waals surface area contributed by atoms with Crippen molar-refractivity contribution in [3.8, 4) is 6.07 Å². The lowest BCUT2D eigenvalue weighted by molar-refractivity contribution is -0.123. The van der Waals surface area contributed by atoms with Gasteiger partial charge in [-0.15, -0.1) is 0 Å². The molecular formula is C25H24ClN7OS. The topological polar surface area (TPSA) is 92.2 Å². The number of halogens is 1. The van der Waals surface area contributed by atoms with Gasteiger partial charge in [0, 0.05) is 22.7 Å². The lowest BCUT2D eigenvalue weighted by atomic mass is 9.75. The zero-order valence-electron chi connectivity index (χ0n) is 19.3. The number of aromatic nitrogens is 3. The van der Waals surface area contributed by atoms with E-state index >= 15 is 0 Å². The molecule has 3 aromatic rings. The number of rotatable bonds is 3. The van der Waals surface area contributed by atoms with Gasteiger partial charge >= 0.3 is 0 Å². The highest BCUT2D eigenvalue weighted by atomic mass is 35.5. The second-order valence-corrected chi connectivity index (χ2v) is 10.5. The minimum Gasteiger partial charge on any atom is -0.306 e. The fourth-order valence-electron chi connectivity index (χ4n) is 5.61. The average molecular weight is 506 g/mol. The van der Waals surface area contributed by atoms with E-state index in [1.165, 1.54) is 11.1 Å². The summed E-state index contributed by atoms with van der Waals surface area (Å²) >= 11 is 12.1. The second-order valence-electron chi connectivity index (χ2n) is 9.70. The molecule has 0 atom stereocenters. The van der Waals surface area contributed by atoms with Crippen LogP contribution in [-0.4, -0.2) is 56.8 Å². The third-order valence-electron chi connectivity index (χ3n) is 7.74. The molecule has 8 nitrogen and oxygen atoms in total. The number of nitriles is 1. The van der Waals surface area contributed by atoms with E-state index in [0.717, 1.165) is 67.5 Å². The van der Waals surface area contributed by atoms with Crippen molar-refractivity contribution in [2.45, 2.75) is 43.6 Å². The number of aromatic amines is 1. The Labute approximate surface area is 213 Å². The van der Waals surface area contributed by atoms with Gasteiger partial charge in [0.2, 0.25) is 0 Å². The van der Waals surface area contributed by atoms with E-state index in [4.69, 9.17) is 23.8 Å². The van der Waals surface area contributed by atoms with Gasteiger partial charge in [-0.25, -0.2) is 4.98 Å². The molecule has 0 unspecified atom stereocenters. The maximum atomic E-state index is 13.8. The molecule has 0 bridgehead atoms. The summed E-state index contributed by atoms with van der Waals surface area (Å²) in [6.45, 7) is 2.13. The van der Waals surface area contributed by atoms with Crippen molar-refractivity contribution >= 4 is 57.1 Å². The summed E-state index contributed by atoms with van der Waals surface area (Å²) in [5, 5.41) is 18.7. The van der Waals surface area contributed by atoms with Crippen LogP contribution in [0, 0.1) is 11.3 Å². The quantitative estimate of drug-likeness (QED) is 0.529. The van der Waals surface area contributed by atoms with Crippen molar-refractivity contribution in [2.75, 3.05) is 29.9 Å². The Balaban J connectivity index is 1.41. The van der Waals surface area contributed by atoms with Crippen LogP contribution in [0.25, 0.3) is 10.9 Å². The number of amides is 1. The average Bonchev–Trinajstić information content (AvgIpc) is 3.35. The number of piperidine rings is 1. The monoisotopic (exact) mass is 505 g/mol. The third-order valence-corrected chi connectivity index (χ3v) is 8.39. The van der Waals surface area contributed by atoms with Gasteiger partial charge in [0.25, 0.3) is 5.91 Å². The van der Waals surface area contributed by atoms with Crippen LogP contribution >= 0.6 is 23.8 Å². The molecule has 1 amide bonds. The predicted octanol–water partition coefficient (Wildman–Crippen LogP) is 4.35. The summed E-state index contributed by atoms with van der Waals surface area (Å²) in [7, 11) is 2.16. The number of benzene rings is 1. The molecule has 4 heterocycles. The Bertz CT molecular complexity index is 1400. The van der Waals surface area contributed by atoms with Gasteiger partial charge < -0.3 is 9.80 Å². The summed E-state index contributed by atoms with van der Waals surface area (Å²) in [4.78, 5) is 23.8. The lowest BCUT2D eigenvalue weighted by Crippen LogP contribution is -2.55. The summed E-state index contributed by atoms with van der Waals surface area (Å²) in [6.07, 6.45) is 6.07. The van der Waals surface area contributed by atoms with E-state index in [1.54, 1.807) is 6.07 Å². The Morgan fingerprint density at radius 2 is 2.00 bits per heavy atom. The highest BCUT2D eigenvalue weighted by molar-refractivity contribution is 7.81. The minimum atomic E-state index is -0.706. The summed E-state index contributed by atoms with van der Waals surface area (Å²) in [5.74, 6) is 0.360. The number of hydrogen-bond donors (Lipinski definition) is 1. The number of anilines is 2. The van der Waals surface area contributed by atoms with Crippen molar-refractivity contribution in [2.24, 2.45) is 0 Å². The van der Waals surface area contributed by atoms with E-state index in [1.807, 2.05) is 23.1 Å². The van der Waals surface area contributed by atoms with Gasteiger partial charge in [-0.1, -0.05) is 11.6 Å². The first-order valence-corrected chi connectivity index (χ1v) is 12.6. The number of pyridine rings is 1. The number of carbonyl (C=O) groups is 1. The van der Waals surface area contributed by atoms with Crippen molar-refractivity contribution in [3.63, 3.8) is 0 Å². The van der Waals surface area contributed by atoms with E-state index in [0.29, 0.717) is 16.7 Å². The van der Waals surface area contributed by atoms with Gasteiger partial charge in [0.15, 0.2) is 10.8 Å². The molecular weight excluding hydrogens is 482 g/mol. The van der Waals surface area contributed by atoms with Crippen molar-refractivity contribution in [1.82, 2.24) is 20.1 Å². The molecule has 1 aromatic carbocycles. The Morgan fingerprint density at radius 3 is 2.66 bits per heavy atom. The molecule has 6 rings (SSSR count). The molecule has 2 saturated heterocycles. The number of nitrogens with one attached hydrogen (secondary N) is 1. The van der Waals surface area contributed by atoms with Crippen LogP contribution in [0.1, 0.15) is 49.4 Å². The fourth-order valence-corrected chi connectivity index (χ4v) is 6.28. The predicted molar refractivity (Wildman–Crippen MR) is 139 cm³/mol. The van der Waals surface area contributed by atoms with Crippen LogP contribution in [0.15, 0.2) is 30.5 Å². The number of H-pyrrole nitrogens is 1. The standard InChI is InChI=1S/C25H24ClN7OS/c1-31-9-5-15(6-10-31)22-18-11-16(3-4-20(18)29-30-22)33-24(35)32(23(34)25(33)7-2-8-25)17-12-19(26)21(13-27)28-14-17/h3-4,11-12,14-15H,2,5-10H2,1H3,(H,29,30). The molecule has 35 heavy (non-hydrogen) atoms. The SMILES string of the molecule is CN1CCC(c2[nH]nc3ccc(N4C(=S)N(c5cnc(C#N)c(Cl)c5)C(=O)C45CCC5)cc23)CC1. The summed E-state index contributed by atoms with van der Waals surface area (Å²) in [5.41, 5.74) is 2.86. The van der Waals surface area contributed by atoms with E-state index < -0.39 is 5.54 Å². The molecule has 0 radical (unpaired) electrons. The highest BCUT2D eigenvalue weighted by Gasteiger charge is 2.59. The smallest absolute Gasteiger partial charge is 0.259 e. The number of likely N-dealkylation sites (tertiary alicyclic amines) is 1. The number of fused-ring (bicyclic) bond motifs is 1. The van der Waals surface area contributed by atoms with Crippen LogP contribution in [0.3, 0.4) is 0 Å². The van der Waals surface area contributed by atoms with Crippen LogP contribution in [0.2, 0.25) is 5.02 Å². The Hall–Kier alpha value is -3.06. The molecule has 1 saturated carbocycles. The molecule has 3 aliphatic rings. The fraction of sp³-hybridized carbons (Fsp3) is 0.400. The van der Waals surface area contributed by atoms with E-state index in [9.17, 15) is 10.1 Å². The van der Waals surface area contributed by atoms with E-state index in [2.05, 4.69) is 33.2 Å². The molecule has 3 fully saturated rings. The Kier molecular flexibility index (Phi) is 5.29. The first-order valence-electron chi connectivity index (χ1n) is 11.8. The highest BCUT2D eigenvalue weighted by Crippen LogP contribution is 2.48. The third kappa shape index (κ3) is 3.35. The van der Waals surface area contributed by atoms with Gasteiger partial charge in [-0.05, 0) is 88.7 Å². The van der Waals surface area contributed by atoms with E-state index in [-0.39, 0.29) is 16.6 Å². The minimum absolute atomic E-state index is 0.0702. The lowest BCUT2D eigenvalue weighted by Gasteiger charge is -2.43. The summed E-state index contributed by atoms with van der Waals surface area (Å²) in [6, 6.07) is 9.67. The largest absolute Gasteiger partial charge is 0.306 e. The van der Waals surface area contributed by atoms with Crippen LogP contribution < -0.4 is 9.80 Å². The van der Waals surface area contributed by atoms with Gasteiger partial charge in [-0.3, -0.25) is 14.8 Å². The zero-order chi connectivity index (χ0) is 24.3. The van der Waals surface area contributed by atoms with Crippen LogP contribution in [0.4, 0.5) is 11.4 Å². The van der Waals surface area contributed by atoms with Gasteiger partial charge in [-0.2, -0.15) is 10.4 Å². The first kappa shape index (κ1) is 22.4. The molecule has 1 N–H and O–H groups in total. The Morgan fingerprint density at radius 1 is 1.23 bits per heavy atom. The zero-order valence-corrected chi connectivity index (χ0v) is 20.9. The number of hydrogen-bond acceptors (Lipinski definition) is 6. The molecule has 10 heteroatoms. The van der Waals surface area contributed by atoms with Gasteiger partial charge in [0.1, 0.15) is 11.6 Å². The maximum Gasteiger partial charge on any atom is 0.259 e. The normalized spacial score (nSPS) is 20.6. The van der Waals surface area contributed by atoms with Crippen LogP contribution in [0.5, 0.6) is 0 Å².